The number of likely N-dealkylation sites (tertiary alicyclic amines) is 1. The SMILES string of the molecule is CCNC(=O)[C@@H]1CCCN1C(=O)[C@H](CCCN=C(N)N)NC(=O)[C@H](CC(C)C)NC(=O)[C@@H](Cc1c[nH]c2ccccc12)NC(=O)[C@H](Cc1ccc(O)cc1)N(C)C(=O)[C@H](CO)NC(=O)[C@@H](Cc1cccc2ccccc12)NC(=O)CCc1ccc(Br)cc1. The van der Waals surface area contributed by atoms with E-state index in [2.05, 4.69) is 57.8 Å². The minimum absolute atomic E-state index is 0.0163. The zero-order chi connectivity index (χ0) is 63.4. The van der Waals surface area contributed by atoms with Crippen LogP contribution in [0.4, 0.5) is 0 Å². The molecule has 2 heterocycles. The van der Waals surface area contributed by atoms with Crippen molar-refractivity contribution in [3.05, 3.63) is 148 Å². The number of hydrogen-bond acceptors (Lipinski definition) is 11. The molecule has 1 saturated heterocycles. The zero-order valence-electron chi connectivity index (χ0n) is 50.1. The standard InChI is InChI=1S/C65H81BrN12O10/c1-5-69-61(85)55-20-12-32-78(55)64(88)50(19-11-31-70-65(67)68)73-58(82)51(33-39(2)3)74-60(84)53(36-44-37-71-49-18-9-8-17-48(44)49)75-62(86)56(34-41-23-28-46(80)29-24-41)77(4)63(87)54(38-79)76-59(83)52(35-43-15-10-14-42-13-6-7-16-47(42)43)72-57(81)30-25-40-21-26-45(66)27-22-40/h6-10,13-18,21-24,26-29,37,39,50-56,71,79-80H,5,11-12,19-20,25,30-36,38H2,1-4H3,(H,69,85)(H,72,81)(H,73,82)(H,74,84)(H,75,86)(H,76,83)(H4,67,68,70)/t50-,51-,52+,53+,54-,55-,56-/m0/s1. The number of carbonyl (C=O) groups is 8. The maximum Gasteiger partial charge on any atom is 0.247 e. The molecule has 0 saturated carbocycles. The molecule has 0 unspecified atom stereocenters. The van der Waals surface area contributed by atoms with E-state index < -0.39 is 90.3 Å². The van der Waals surface area contributed by atoms with E-state index in [0.29, 0.717) is 36.9 Å². The van der Waals surface area contributed by atoms with Crippen LogP contribution in [-0.2, 0) is 64.0 Å². The molecule has 0 bridgehead atoms. The van der Waals surface area contributed by atoms with Gasteiger partial charge in [0.1, 0.15) is 48.0 Å². The number of carbonyl (C=O) groups excluding carboxylic acids is 8. The lowest BCUT2D eigenvalue weighted by Gasteiger charge is -2.32. The fraction of sp³-hybridized carbons (Fsp3) is 0.400. The van der Waals surface area contributed by atoms with E-state index in [1.807, 2.05) is 105 Å². The number of aromatic hydroxyl groups is 1. The number of amides is 8. The normalized spacial score (nSPS) is 15.0. The molecule has 0 aliphatic carbocycles. The molecule has 23 heteroatoms. The number of hydrogen-bond donors (Lipinski definition) is 11. The van der Waals surface area contributed by atoms with Crippen molar-refractivity contribution in [2.75, 3.05) is 33.3 Å². The summed E-state index contributed by atoms with van der Waals surface area (Å²) < 4.78 is 0.880. The number of likely N-dealkylation sites (N-methyl/N-ethyl adjacent to an activating group) is 2. The number of aliphatic hydroxyl groups is 1. The number of aliphatic imine (C=N–C) groups is 1. The number of aryl methyl sites for hydroxylation is 1. The van der Waals surface area contributed by atoms with Gasteiger partial charge in [-0.25, -0.2) is 0 Å². The smallest absolute Gasteiger partial charge is 0.247 e. The molecule has 1 fully saturated rings. The predicted octanol–water partition coefficient (Wildman–Crippen LogP) is 3.92. The van der Waals surface area contributed by atoms with Gasteiger partial charge in [-0.05, 0) is 115 Å². The Labute approximate surface area is 520 Å². The summed E-state index contributed by atoms with van der Waals surface area (Å²) in [6.45, 7) is 5.37. The average Bonchev–Trinajstić information content (AvgIpc) is 3.89. The Hall–Kier alpha value is -8.83. The Bertz CT molecular complexity index is 3420. The van der Waals surface area contributed by atoms with Crippen LogP contribution in [0.25, 0.3) is 21.7 Å². The molecule has 7 rings (SSSR count). The lowest BCUT2D eigenvalue weighted by Crippen LogP contribution is -2.61. The fourth-order valence-electron chi connectivity index (χ4n) is 11.0. The number of nitrogens with one attached hydrogen (secondary N) is 7. The number of phenolic OH excluding ortho intramolecular Hbond substituents is 1. The van der Waals surface area contributed by atoms with Crippen molar-refractivity contribution in [2.45, 2.75) is 127 Å². The molecule has 0 radical (unpaired) electrons. The fourth-order valence-corrected chi connectivity index (χ4v) is 11.3. The van der Waals surface area contributed by atoms with Crippen molar-refractivity contribution in [3.63, 3.8) is 0 Å². The number of halogens is 1. The summed E-state index contributed by atoms with van der Waals surface area (Å²) in [4.78, 5) is 125. The van der Waals surface area contributed by atoms with Gasteiger partial charge in [0, 0.05) is 73.9 Å². The highest BCUT2D eigenvalue weighted by molar-refractivity contribution is 9.10. The van der Waals surface area contributed by atoms with Gasteiger partial charge in [0.15, 0.2) is 5.96 Å². The highest BCUT2D eigenvalue weighted by Crippen LogP contribution is 2.24. The first kappa shape index (κ1) is 66.7. The molecule has 1 aromatic heterocycles. The second-order valence-corrected chi connectivity index (χ2v) is 23.5. The van der Waals surface area contributed by atoms with Gasteiger partial charge in [-0.1, -0.05) is 115 Å². The molecule has 5 aromatic carbocycles. The summed E-state index contributed by atoms with van der Waals surface area (Å²) in [6.07, 6.45) is 3.30. The topological polar surface area (TPSA) is 336 Å². The number of nitrogens with two attached hydrogens (primary N) is 2. The van der Waals surface area contributed by atoms with E-state index >= 15 is 9.59 Å². The number of nitrogens with zero attached hydrogens (tertiary/aromatic N) is 3. The summed E-state index contributed by atoms with van der Waals surface area (Å²) in [5, 5.41) is 40.6. The Kier molecular flexibility index (Phi) is 24.4. The van der Waals surface area contributed by atoms with Crippen LogP contribution >= 0.6 is 15.9 Å². The number of aliphatic hydroxyl groups excluding tert-OH is 1. The number of rotatable bonds is 30. The number of aromatic amines is 1. The summed E-state index contributed by atoms with van der Waals surface area (Å²) in [6, 6.07) is 25.1. The minimum Gasteiger partial charge on any atom is -0.508 e. The second kappa shape index (κ2) is 32.2. The molecule has 0 spiro atoms. The second-order valence-electron chi connectivity index (χ2n) is 22.6. The summed E-state index contributed by atoms with van der Waals surface area (Å²) >= 11 is 3.43. The first-order valence-corrected chi connectivity index (χ1v) is 30.6. The Morgan fingerprint density at radius 1 is 0.716 bits per heavy atom. The molecule has 13 N–H and O–H groups in total. The van der Waals surface area contributed by atoms with Gasteiger partial charge in [0.05, 0.1) is 6.61 Å². The van der Waals surface area contributed by atoms with Crippen LogP contribution in [0.5, 0.6) is 5.75 Å². The van der Waals surface area contributed by atoms with Gasteiger partial charge >= 0.3 is 0 Å². The summed E-state index contributed by atoms with van der Waals surface area (Å²) in [7, 11) is 1.33. The highest BCUT2D eigenvalue weighted by Gasteiger charge is 2.40. The maximum absolute atomic E-state index is 15.2. The van der Waals surface area contributed by atoms with Crippen molar-refractivity contribution in [1.29, 1.82) is 0 Å². The van der Waals surface area contributed by atoms with Crippen LogP contribution < -0.4 is 43.4 Å². The third-order valence-corrected chi connectivity index (χ3v) is 16.1. The van der Waals surface area contributed by atoms with E-state index in [-0.39, 0.29) is 81.6 Å². The van der Waals surface area contributed by atoms with Crippen LogP contribution in [0.3, 0.4) is 0 Å². The van der Waals surface area contributed by atoms with Crippen LogP contribution in [0.2, 0.25) is 0 Å². The van der Waals surface area contributed by atoms with Gasteiger partial charge in [0.25, 0.3) is 0 Å². The van der Waals surface area contributed by atoms with Crippen LogP contribution in [0.1, 0.15) is 81.5 Å². The largest absolute Gasteiger partial charge is 0.508 e. The number of H-pyrrole nitrogens is 1. The first-order chi connectivity index (χ1) is 42.2. The summed E-state index contributed by atoms with van der Waals surface area (Å²) in [5.41, 5.74) is 14.7. The van der Waals surface area contributed by atoms with Crippen molar-refractivity contribution >= 4 is 90.8 Å². The van der Waals surface area contributed by atoms with Gasteiger partial charge in [-0.2, -0.15) is 0 Å². The lowest BCUT2D eigenvalue weighted by molar-refractivity contribution is -0.144. The lowest BCUT2D eigenvalue weighted by atomic mass is 9.97. The van der Waals surface area contributed by atoms with E-state index in [1.165, 1.54) is 24.1 Å². The number of aromatic nitrogens is 1. The molecular formula is C65H81BrN12O10. The van der Waals surface area contributed by atoms with Gasteiger partial charge < -0.3 is 68.4 Å². The molecule has 6 aromatic rings. The van der Waals surface area contributed by atoms with Gasteiger partial charge in [0.2, 0.25) is 47.3 Å². The maximum atomic E-state index is 15.2. The van der Waals surface area contributed by atoms with E-state index in [4.69, 9.17) is 11.5 Å². The molecule has 468 valence electrons. The number of phenols is 1. The molecule has 7 atom stereocenters. The Morgan fingerprint density at radius 2 is 1.33 bits per heavy atom. The first-order valence-electron chi connectivity index (χ1n) is 29.8. The molecular weight excluding hydrogens is 1190 g/mol. The minimum atomic E-state index is -1.64. The van der Waals surface area contributed by atoms with Crippen molar-refractivity contribution in [1.82, 2.24) is 46.7 Å². The number of fused-ring (bicyclic) bond motifs is 2. The molecule has 1 aliphatic rings. The van der Waals surface area contributed by atoms with Gasteiger partial charge in [-0.3, -0.25) is 43.3 Å². The van der Waals surface area contributed by atoms with E-state index in [9.17, 15) is 39.0 Å². The van der Waals surface area contributed by atoms with Crippen LogP contribution in [0, 0.1) is 5.92 Å². The number of guanidine groups is 1. The third-order valence-electron chi connectivity index (χ3n) is 15.6. The predicted molar refractivity (Wildman–Crippen MR) is 340 cm³/mol. The zero-order valence-corrected chi connectivity index (χ0v) is 51.7. The quantitative estimate of drug-likeness (QED) is 0.0174. The van der Waals surface area contributed by atoms with Crippen molar-refractivity contribution < 1.29 is 48.6 Å². The van der Waals surface area contributed by atoms with Crippen molar-refractivity contribution in [2.24, 2.45) is 22.4 Å². The molecule has 22 nitrogen and oxygen atoms in total. The monoisotopic (exact) mass is 1270 g/mol. The third kappa shape index (κ3) is 18.6. The molecule has 88 heavy (non-hydrogen) atoms. The Balaban J connectivity index is 1.16. The molecule has 8 amide bonds. The Morgan fingerprint density at radius 3 is 2.02 bits per heavy atom. The summed E-state index contributed by atoms with van der Waals surface area (Å²) in [5.74, 6) is -5.59. The number of benzene rings is 5. The molecule has 1 aliphatic heterocycles. The van der Waals surface area contributed by atoms with Crippen LogP contribution in [-0.4, -0.2) is 154 Å². The van der Waals surface area contributed by atoms with E-state index in [0.717, 1.165) is 42.2 Å². The average molecular weight is 1270 g/mol. The van der Waals surface area contributed by atoms with Crippen LogP contribution in [0.15, 0.2) is 131 Å². The highest BCUT2D eigenvalue weighted by atomic mass is 79.9. The van der Waals surface area contributed by atoms with Crippen molar-refractivity contribution in [3.8, 4) is 5.75 Å². The van der Waals surface area contributed by atoms with E-state index in [1.54, 1.807) is 25.3 Å². The van der Waals surface area contributed by atoms with Gasteiger partial charge in [-0.15, -0.1) is 0 Å². The number of para-hydroxylation sites is 1.